The molecular formula is C13H16O6. The molecule has 0 aliphatic heterocycles. The molecule has 19 heavy (non-hydrogen) atoms. The Balaban J connectivity index is 2.68. The SMILES string of the molecule is COC(=O)CCc1cc(CCC(=O)OC)oc(=O)c1. The van der Waals surface area contributed by atoms with Gasteiger partial charge in [-0.15, -0.1) is 0 Å². The minimum Gasteiger partial charge on any atom is -0.469 e. The summed E-state index contributed by atoms with van der Waals surface area (Å²) in [5.41, 5.74) is 0.184. The van der Waals surface area contributed by atoms with Crippen molar-refractivity contribution in [2.24, 2.45) is 0 Å². The van der Waals surface area contributed by atoms with E-state index < -0.39 is 5.63 Å². The van der Waals surface area contributed by atoms with Gasteiger partial charge in [-0.3, -0.25) is 9.59 Å². The highest BCUT2D eigenvalue weighted by Crippen LogP contribution is 2.08. The van der Waals surface area contributed by atoms with Crippen molar-refractivity contribution >= 4 is 11.9 Å². The lowest BCUT2D eigenvalue weighted by Gasteiger charge is -2.03. The first kappa shape index (κ1) is 14.9. The zero-order valence-corrected chi connectivity index (χ0v) is 10.9. The lowest BCUT2D eigenvalue weighted by molar-refractivity contribution is -0.141. The molecule has 104 valence electrons. The van der Waals surface area contributed by atoms with Crippen LogP contribution in [-0.2, 0) is 31.9 Å². The summed E-state index contributed by atoms with van der Waals surface area (Å²) in [6, 6.07) is 2.98. The average molecular weight is 268 g/mol. The van der Waals surface area contributed by atoms with Crippen LogP contribution < -0.4 is 5.63 Å². The molecule has 0 saturated carbocycles. The molecule has 1 rings (SSSR count). The number of esters is 2. The molecule has 0 atom stereocenters. The van der Waals surface area contributed by atoms with Gasteiger partial charge in [0.15, 0.2) is 0 Å². The molecule has 6 heteroatoms. The lowest BCUT2D eigenvalue weighted by atomic mass is 10.1. The standard InChI is InChI=1S/C13H16O6/c1-17-11(14)5-3-9-7-10(19-13(16)8-9)4-6-12(15)18-2/h7-8H,3-6H2,1-2H3. The van der Waals surface area contributed by atoms with Crippen LogP contribution in [0.4, 0.5) is 0 Å². The van der Waals surface area contributed by atoms with Crippen LogP contribution in [0.1, 0.15) is 24.2 Å². The van der Waals surface area contributed by atoms with E-state index in [1.165, 1.54) is 20.3 Å². The molecule has 1 aromatic heterocycles. The van der Waals surface area contributed by atoms with E-state index in [2.05, 4.69) is 9.47 Å². The van der Waals surface area contributed by atoms with E-state index in [1.54, 1.807) is 6.07 Å². The molecule has 1 heterocycles. The number of carbonyl (C=O) groups excluding carboxylic acids is 2. The van der Waals surface area contributed by atoms with Gasteiger partial charge in [-0.25, -0.2) is 4.79 Å². The molecule has 1 aromatic rings. The van der Waals surface area contributed by atoms with Gasteiger partial charge in [-0.05, 0) is 18.1 Å². The first-order valence-electron chi connectivity index (χ1n) is 5.81. The van der Waals surface area contributed by atoms with Crippen molar-refractivity contribution in [3.05, 3.63) is 33.9 Å². The van der Waals surface area contributed by atoms with E-state index in [1.807, 2.05) is 0 Å². The number of rotatable bonds is 6. The molecule has 0 aliphatic carbocycles. The van der Waals surface area contributed by atoms with Crippen LogP contribution in [0.15, 0.2) is 21.3 Å². The fraction of sp³-hybridized carbons (Fsp3) is 0.462. The molecule has 0 aliphatic rings. The fourth-order valence-corrected chi connectivity index (χ4v) is 1.53. The molecule has 0 amide bonds. The van der Waals surface area contributed by atoms with E-state index in [4.69, 9.17) is 4.42 Å². The maximum absolute atomic E-state index is 11.3. The van der Waals surface area contributed by atoms with Crippen molar-refractivity contribution in [3.8, 4) is 0 Å². The zero-order chi connectivity index (χ0) is 14.3. The predicted octanol–water partition coefficient (Wildman–Crippen LogP) is 0.851. The Labute approximate surface area is 110 Å². The lowest BCUT2D eigenvalue weighted by Crippen LogP contribution is -2.08. The number of aryl methyl sites for hydroxylation is 2. The highest BCUT2D eigenvalue weighted by molar-refractivity contribution is 5.69. The molecule has 6 nitrogen and oxygen atoms in total. The van der Waals surface area contributed by atoms with Crippen molar-refractivity contribution in [1.82, 2.24) is 0 Å². The minimum absolute atomic E-state index is 0.139. The third-order valence-electron chi connectivity index (χ3n) is 2.53. The summed E-state index contributed by atoms with van der Waals surface area (Å²) < 4.78 is 14.0. The summed E-state index contributed by atoms with van der Waals surface area (Å²) in [4.78, 5) is 33.4. The van der Waals surface area contributed by atoms with Crippen LogP contribution in [0.25, 0.3) is 0 Å². The highest BCUT2D eigenvalue weighted by Gasteiger charge is 2.08. The van der Waals surface area contributed by atoms with Crippen molar-refractivity contribution in [2.75, 3.05) is 14.2 Å². The molecule has 0 aromatic carbocycles. The van der Waals surface area contributed by atoms with Gasteiger partial charge in [0.1, 0.15) is 5.76 Å². The van der Waals surface area contributed by atoms with E-state index in [0.717, 1.165) is 0 Å². The number of hydrogen-bond acceptors (Lipinski definition) is 6. The van der Waals surface area contributed by atoms with E-state index in [9.17, 15) is 14.4 Å². The Kier molecular flexibility index (Phi) is 5.78. The van der Waals surface area contributed by atoms with Crippen molar-refractivity contribution < 1.29 is 23.5 Å². The fourth-order valence-electron chi connectivity index (χ4n) is 1.53. The van der Waals surface area contributed by atoms with Gasteiger partial charge < -0.3 is 13.9 Å². The van der Waals surface area contributed by atoms with Crippen LogP contribution in [0.5, 0.6) is 0 Å². The summed E-state index contributed by atoms with van der Waals surface area (Å²) in [7, 11) is 2.61. The van der Waals surface area contributed by atoms with Gasteiger partial charge in [0, 0.05) is 18.9 Å². The predicted molar refractivity (Wildman–Crippen MR) is 65.7 cm³/mol. The Morgan fingerprint density at radius 1 is 1.05 bits per heavy atom. The zero-order valence-electron chi connectivity index (χ0n) is 10.9. The Morgan fingerprint density at radius 2 is 1.63 bits per heavy atom. The first-order valence-corrected chi connectivity index (χ1v) is 5.81. The number of hydrogen-bond donors (Lipinski definition) is 0. The largest absolute Gasteiger partial charge is 0.469 e. The quantitative estimate of drug-likeness (QED) is 0.711. The summed E-state index contributed by atoms with van der Waals surface area (Å²) >= 11 is 0. The molecule has 0 fully saturated rings. The van der Waals surface area contributed by atoms with Gasteiger partial charge in [0.25, 0.3) is 0 Å². The second kappa shape index (κ2) is 7.35. The second-order valence-electron chi connectivity index (χ2n) is 3.90. The monoisotopic (exact) mass is 268 g/mol. The van der Waals surface area contributed by atoms with E-state index >= 15 is 0 Å². The molecule has 0 saturated heterocycles. The van der Waals surface area contributed by atoms with Gasteiger partial charge in [-0.2, -0.15) is 0 Å². The first-order chi connectivity index (χ1) is 9.05. The summed E-state index contributed by atoms with van der Waals surface area (Å²) in [6.07, 6.45) is 1.01. The van der Waals surface area contributed by atoms with Gasteiger partial charge in [-0.1, -0.05) is 0 Å². The number of methoxy groups -OCH3 is 2. The highest BCUT2D eigenvalue weighted by atomic mass is 16.5. The van der Waals surface area contributed by atoms with Crippen LogP contribution in [0.3, 0.4) is 0 Å². The van der Waals surface area contributed by atoms with Crippen molar-refractivity contribution in [1.29, 1.82) is 0 Å². The maximum atomic E-state index is 11.3. The second-order valence-corrected chi connectivity index (χ2v) is 3.90. The molecule has 0 unspecified atom stereocenters. The normalized spacial score (nSPS) is 10.0. The molecule has 0 bridgehead atoms. The summed E-state index contributed by atoms with van der Waals surface area (Å²) in [5.74, 6) is -0.315. The van der Waals surface area contributed by atoms with Crippen LogP contribution in [0.2, 0.25) is 0 Å². The topological polar surface area (TPSA) is 82.8 Å². The maximum Gasteiger partial charge on any atom is 0.336 e. The molecule has 0 spiro atoms. The smallest absolute Gasteiger partial charge is 0.336 e. The van der Waals surface area contributed by atoms with Crippen LogP contribution in [-0.4, -0.2) is 26.2 Å². The van der Waals surface area contributed by atoms with Gasteiger partial charge in [0.2, 0.25) is 0 Å². The Bertz CT molecular complexity index is 461. The van der Waals surface area contributed by atoms with E-state index in [-0.39, 0.29) is 31.2 Å². The van der Waals surface area contributed by atoms with Crippen molar-refractivity contribution in [3.63, 3.8) is 0 Å². The number of carbonyl (C=O) groups is 2. The van der Waals surface area contributed by atoms with Crippen molar-refractivity contribution in [2.45, 2.75) is 25.7 Å². The molecule has 0 N–H and O–H groups in total. The summed E-state index contributed by atoms with van der Waals surface area (Å²) in [6.45, 7) is 0. The van der Waals surface area contributed by atoms with E-state index in [0.29, 0.717) is 17.7 Å². The van der Waals surface area contributed by atoms with Gasteiger partial charge in [0.05, 0.1) is 20.6 Å². The minimum atomic E-state index is -0.498. The third-order valence-corrected chi connectivity index (χ3v) is 2.53. The average Bonchev–Trinajstić information content (AvgIpc) is 2.41. The molecule has 0 radical (unpaired) electrons. The number of ether oxygens (including phenoxy) is 2. The third kappa shape index (κ3) is 5.37. The Hall–Kier alpha value is -2.11. The Morgan fingerprint density at radius 3 is 2.21 bits per heavy atom. The van der Waals surface area contributed by atoms with Crippen LogP contribution >= 0.6 is 0 Å². The van der Waals surface area contributed by atoms with Gasteiger partial charge >= 0.3 is 17.6 Å². The summed E-state index contributed by atoms with van der Waals surface area (Å²) in [5, 5.41) is 0. The molecular weight excluding hydrogens is 252 g/mol. The van der Waals surface area contributed by atoms with Crippen LogP contribution in [0, 0.1) is 0 Å².